The van der Waals surface area contributed by atoms with Gasteiger partial charge in [-0.3, -0.25) is 4.79 Å². The van der Waals surface area contributed by atoms with Gasteiger partial charge >= 0.3 is 5.97 Å². The largest absolute Gasteiger partial charge is 0.480 e. The molecule has 3 nitrogen and oxygen atoms in total. The van der Waals surface area contributed by atoms with Gasteiger partial charge in [-0.2, -0.15) is 0 Å². The van der Waals surface area contributed by atoms with Crippen LogP contribution in [0.25, 0.3) is 0 Å². The Labute approximate surface area is 96.3 Å². The van der Waals surface area contributed by atoms with Crippen LogP contribution in [0.4, 0.5) is 0 Å². The van der Waals surface area contributed by atoms with Gasteiger partial charge in [-0.15, -0.1) is 0 Å². The molecule has 0 amide bonds. The lowest BCUT2D eigenvalue weighted by Crippen LogP contribution is -2.59. The molecule has 0 aliphatic carbocycles. The number of hydrogen-bond donors (Lipinski definition) is 2. The fourth-order valence-corrected chi connectivity index (χ4v) is 1.58. The summed E-state index contributed by atoms with van der Waals surface area (Å²) in [6.45, 7) is 5.55. The average molecular weight is 221 g/mol. The van der Waals surface area contributed by atoms with Gasteiger partial charge < -0.3 is 10.8 Å². The van der Waals surface area contributed by atoms with Gasteiger partial charge in [0.25, 0.3) is 0 Å². The number of carboxylic acid groups (broad SMARTS) is 1. The molecule has 3 N–H and O–H groups in total. The summed E-state index contributed by atoms with van der Waals surface area (Å²) in [6.07, 6.45) is 0.340. The minimum Gasteiger partial charge on any atom is -0.480 e. The zero-order chi connectivity index (χ0) is 12.4. The Kier molecular flexibility index (Phi) is 3.38. The number of hydrogen-bond acceptors (Lipinski definition) is 2. The Balaban J connectivity index is 3.03. The third kappa shape index (κ3) is 2.42. The third-order valence-electron chi connectivity index (χ3n) is 3.05. The first-order valence-corrected chi connectivity index (χ1v) is 5.33. The molecule has 0 aliphatic heterocycles. The van der Waals surface area contributed by atoms with Crippen molar-refractivity contribution in [3.8, 4) is 0 Å². The summed E-state index contributed by atoms with van der Waals surface area (Å²) in [6, 6.07) is 9.48. The van der Waals surface area contributed by atoms with Gasteiger partial charge in [0, 0.05) is 6.42 Å². The Bertz CT molecular complexity index is 367. The minimum absolute atomic E-state index is 0.340. The maximum Gasteiger partial charge on any atom is 0.324 e. The summed E-state index contributed by atoms with van der Waals surface area (Å²) in [4.78, 5) is 11.3. The van der Waals surface area contributed by atoms with E-state index in [1.165, 1.54) is 0 Å². The summed E-state index contributed by atoms with van der Waals surface area (Å²) >= 11 is 0. The highest BCUT2D eigenvalue weighted by molar-refractivity contribution is 5.80. The molecule has 1 aromatic carbocycles. The van der Waals surface area contributed by atoms with Crippen LogP contribution in [0.5, 0.6) is 0 Å². The molecule has 0 aliphatic rings. The van der Waals surface area contributed by atoms with E-state index in [1.807, 2.05) is 51.1 Å². The van der Waals surface area contributed by atoms with Crippen LogP contribution in [-0.4, -0.2) is 16.6 Å². The second-order valence-electron chi connectivity index (χ2n) is 5.19. The first kappa shape index (κ1) is 12.7. The van der Waals surface area contributed by atoms with E-state index >= 15 is 0 Å². The van der Waals surface area contributed by atoms with Crippen molar-refractivity contribution in [1.29, 1.82) is 0 Å². The molecule has 0 aromatic heterocycles. The Morgan fingerprint density at radius 1 is 1.25 bits per heavy atom. The smallest absolute Gasteiger partial charge is 0.324 e. The lowest BCUT2D eigenvalue weighted by Gasteiger charge is -2.37. The Hall–Kier alpha value is -1.35. The standard InChI is InChI=1S/C13H19NO2/c1-12(2,3)13(14,11(15)16)9-10-7-5-4-6-8-10/h4-8H,9,14H2,1-3H3,(H,15,16). The van der Waals surface area contributed by atoms with E-state index in [1.54, 1.807) is 0 Å². The van der Waals surface area contributed by atoms with Crippen molar-refractivity contribution in [3.63, 3.8) is 0 Å². The van der Waals surface area contributed by atoms with Crippen LogP contribution in [0.3, 0.4) is 0 Å². The number of rotatable bonds is 3. The van der Waals surface area contributed by atoms with E-state index in [0.717, 1.165) is 5.56 Å². The van der Waals surface area contributed by atoms with Crippen molar-refractivity contribution >= 4 is 5.97 Å². The molecular weight excluding hydrogens is 202 g/mol. The van der Waals surface area contributed by atoms with Gasteiger partial charge in [-0.1, -0.05) is 51.1 Å². The summed E-state index contributed by atoms with van der Waals surface area (Å²) < 4.78 is 0. The van der Waals surface area contributed by atoms with E-state index < -0.39 is 16.9 Å². The van der Waals surface area contributed by atoms with E-state index in [-0.39, 0.29) is 0 Å². The second-order valence-corrected chi connectivity index (χ2v) is 5.19. The summed E-state index contributed by atoms with van der Waals surface area (Å²) in [5.74, 6) is -0.955. The topological polar surface area (TPSA) is 63.3 Å². The highest BCUT2D eigenvalue weighted by Crippen LogP contribution is 2.31. The molecule has 16 heavy (non-hydrogen) atoms. The number of benzene rings is 1. The van der Waals surface area contributed by atoms with E-state index in [2.05, 4.69) is 0 Å². The summed E-state index contributed by atoms with van der Waals surface area (Å²) in [5, 5.41) is 9.30. The first-order valence-electron chi connectivity index (χ1n) is 5.33. The molecule has 0 heterocycles. The van der Waals surface area contributed by atoms with Crippen molar-refractivity contribution in [2.24, 2.45) is 11.1 Å². The minimum atomic E-state index is -1.24. The first-order chi connectivity index (χ1) is 7.27. The van der Waals surface area contributed by atoms with Crippen LogP contribution in [0.15, 0.2) is 30.3 Å². The molecule has 1 atom stereocenters. The average Bonchev–Trinajstić information content (AvgIpc) is 2.17. The SMILES string of the molecule is CC(C)(C)C(N)(Cc1ccccc1)C(=O)O. The Morgan fingerprint density at radius 3 is 2.12 bits per heavy atom. The zero-order valence-electron chi connectivity index (χ0n) is 10.0. The third-order valence-corrected chi connectivity index (χ3v) is 3.05. The number of nitrogens with two attached hydrogens (primary N) is 1. The maximum atomic E-state index is 11.3. The van der Waals surface area contributed by atoms with Gasteiger partial charge in [-0.05, 0) is 11.0 Å². The molecule has 3 heteroatoms. The van der Waals surface area contributed by atoms with Crippen LogP contribution in [0.2, 0.25) is 0 Å². The fourth-order valence-electron chi connectivity index (χ4n) is 1.58. The summed E-state index contributed by atoms with van der Waals surface area (Å²) in [5.41, 5.74) is 5.26. The van der Waals surface area contributed by atoms with E-state index in [4.69, 9.17) is 5.73 Å². The van der Waals surface area contributed by atoms with Gasteiger partial charge in [-0.25, -0.2) is 0 Å². The molecule has 0 bridgehead atoms. The molecule has 0 saturated heterocycles. The lowest BCUT2D eigenvalue weighted by atomic mass is 9.71. The zero-order valence-corrected chi connectivity index (χ0v) is 10.0. The van der Waals surface area contributed by atoms with Crippen molar-refractivity contribution in [1.82, 2.24) is 0 Å². The molecule has 1 unspecified atom stereocenters. The summed E-state index contributed by atoms with van der Waals surface area (Å²) in [7, 11) is 0. The highest BCUT2D eigenvalue weighted by Gasteiger charge is 2.45. The Morgan fingerprint density at radius 2 is 1.75 bits per heavy atom. The molecule has 88 valence electrons. The molecular formula is C13H19NO2. The van der Waals surface area contributed by atoms with Gasteiger partial charge in [0.1, 0.15) is 5.54 Å². The van der Waals surface area contributed by atoms with Gasteiger partial charge in [0.15, 0.2) is 0 Å². The molecule has 0 fully saturated rings. The number of carbonyl (C=O) groups is 1. The molecule has 1 aromatic rings. The lowest BCUT2D eigenvalue weighted by molar-refractivity contribution is -0.147. The predicted octanol–water partition coefficient (Wildman–Crippen LogP) is 2.06. The van der Waals surface area contributed by atoms with Crippen molar-refractivity contribution < 1.29 is 9.90 Å². The van der Waals surface area contributed by atoms with E-state index in [0.29, 0.717) is 6.42 Å². The molecule has 1 rings (SSSR count). The normalized spacial score (nSPS) is 15.5. The monoisotopic (exact) mass is 221 g/mol. The number of aliphatic carboxylic acids is 1. The fraction of sp³-hybridized carbons (Fsp3) is 0.462. The second kappa shape index (κ2) is 4.26. The molecule has 0 saturated carbocycles. The van der Waals surface area contributed by atoms with Crippen LogP contribution in [0, 0.1) is 5.41 Å². The van der Waals surface area contributed by atoms with Crippen LogP contribution < -0.4 is 5.73 Å². The molecule has 0 spiro atoms. The van der Waals surface area contributed by atoms with Crippen molar-refractivity contribution in [3.05, 3.63) is 35.9 Å². The maximum absolute atomic E-state index is 11.3. The number of carboxylic acids is 1. The van der Waals surface area contributed by atoms with Crippen molar-refractivity contribution in [2.45, 2.75) is 32.7 Å². The van der Waals surface area contributed by atoms with Gasteiger partial charge in [0.05, 0.1) is 0 Å². The quantitative estimate of drug-likeness (QED) is 0.821. The highest BCUT2D eigenvalue weighted by atomic mass is 16.4. The van der Waals surface area contributed by atoms with Crippen LogP contribution in [-0.2, 0) is 11.2 Å². The molecule has 0 radical (unpaired) electrons. The van der Waals surface area contributed by atoms with Crippen molar-refractivity contribution in [2.75, 3.05) is 0 Å². The van der Waals surface area contributed by atoms with Crippen LogP contribution in [0.1, 0.15) is 26.3 Å². The van der Waals surface area contributed by atoms with Crippen LogP contribution >= 0.6 is 0 Å². The van der Waals surface area contributed by atoms with Gasteiger partial charge in [0.2, 0.25) is 0 Å². The predicted molar refractivity (Wildman–Crippen MR) is 64.2 cm³/mol. The van der Waals surface area contributed by atoms with E-state index in [9.17, 15) is 9.90 Å².